The molecule has 0 aliphatic heterocycles. The third-order valence-electron chi connectivity index (χ3n) is 13.2. The molecule has 0 spiro atoms. The summed E-state index contributed by atoms with van der Waals surface area (Å²) in [5.41, 5.74) is 0. The highest BCUT2D eigenvalue weighted by Crippen LogP contribution is 2.14. The Morgan fingerprint density at radius 2 is 0.481 bits per heavy atom. The number of unbranched alkanes of at least 4 members (excludes halogenated alkanes) is 18. The van der Waals surface area contributed by atoms with Crippen molar-refractivity contribution in [2.75, 3.05) is 13.2 Å². The first-order chi connectivity index (χ1) is 40.0. The zero-order valence-corrected chi connectivity index (χ0v) is 52.0. The van der Waals surface area contributed by atoms with Crippen LogP contribution in [0.15, 0.2) is 170 Å². The minimum Gasteiger partial charge on any atom is -0.462 e. The van der Waals surface area contributed by atoms with Crippen molar-refractivity contribution >= 4 is 17.9 Å². The van der Waals surface area contributed by atoms with E-state index in [1.807, 2.05) is 0 Å². The topological polar surface area (TPSA) is 78.9 Å². The van der Waals surface area contributed by atoms with Gasteiger partial charge >= 0.3 is 17.9 Å². The number of hydrogen-bond donors (Lipinski definition) is 0. The monoisotopic (exact) mass is 1110 g/mol. The molecule has 81 heavy (non-hydrogen) atoms. The first kappa shape index (κ1) is 75.8. The van der Waals surface area contributed by atoms with E-state index >= 15 is 0 Å². The summed E-state index contributed by atoms with van der Waals surface area (Å²) in [7, 11) is 0. The summed E-state index contributed by atoms with van der Waals surface area (Å²) in [6.07, 6.45) is 99.2. The standard InChI is InChI=1S/C75H118O6/c1-4-7-10-13-16-19-22-25-28-31-34-35-36-37-38-39-42-44-47-50-53-56-59-62-65-68-74(77)80-71-72(81-75(78)69-66-63-60-57-54-51-48-45-41-33-30-27-24-21-18-15-12-9-6-3)70-79-73(76)67-64-61-58-55-52-49-46-43-40-32-29-26-23-20-17-14-11-8-5-2/h7,9-10,12,16-21,25-30,34-35,37-38,41-42,44-45,50-51,53-54,72H,4-6,8,11,13-15,22-24,31-33,36,39-40,43,46-49,52,55-71H2,1-3H3/b10-7-,12-9-,19-16-,20-17-,21-18-,28-25-,29-26-,30-27-,35-34-,38-37-,44-42-,45-41-,53-50-,54-51-. The summed E-state index contributed by atoms with van der Waals surface area (Å²) in [6, 6.07) is 0. The summed E-state index contributed by atoms with van der Waals surface area (Å²) in [4.78, 5) is 38.4. The van der Waals surface area contributed by atoms with Crippen LogP contribution in [0.1, 0.15) is 265 Å². The van der Waals surface area contributed by atoms with Crippen molar-refractivity contribution in [3.05, 3.63) is 170 Å². The van der Waals surface area contributed by atoms with Crippen LogP contribution in [0.25, 0.3) is 0 Å². The van der Waals surface area contributed by atoms with Crippen LogP contribution >= 0.6 is 0 Å². The summed E-state index contributed by atoms with van der Waals surface area (Å²) in [5.74, 6) is -0.986. The van der Waals surface area contributed by atoms with Crippen LogP contribution in [0, 0.1) is 0 Å². The minimum atomic E-state index is -0.823. The molecule has 0 rings (SSSR count). The molecule has 0 aromatic carbocycles. The number of rotatable bonds is 57. The molecule has 0 bridgehead atoms. The first-order valence-corrected chi connectivity index (χ1v) is 32.6. The normalized spacial score (nSPS) is 13.3. The quantitative estimate of drug-likeness (QED) is 0.0261. The molecule has 1 atom stereocenters. The molecule has 0 saturated heterocycles. The number of allylic oxidation sites excluding steroid dienone is 28. The zero-order valence-electron chi connectivity index (χ0n) is 52.0. The van der Waals surface area contributed by atoms with Crippen LogP contribution in [-0.4, -0.2) is 37.2 Å². The fourth-order valence-corrected chi connectivity index (χ4v) is 8.36. The van der Waals surface area contributed by atoms with Gasteiger partial charge in [-0.05, 0) is 154 Å². The van der Waals surface area contributed by atoms with E-state index in [1.165, 1.54) is 70.6 Å². The van der Waals surface area contributed by atoms with Gasteiger partial charge in [0.25, 0.3) is 0 Å². The Morgan fingerprint density at radius 3 is 0.765 bits per heavy atom. The largest absolute Gasteiger partial charge is 0.462 e. The van der Waals surface area contributed by atoms with Crippen LogP contribution in [0.4, 0.5) is 0 Å². The molecule has 0 fully saturated rings. The van der Waals surface area contributed by atoms with Gasteiger partial charge in [-0.3, -0.25) is 14.4 Å². The zero-order chi connectivity index (χ0) is 58.5. The molecule has 0 aromatic rings. The van der Waals surface area contributed by atoms with Gasteiger partial charge in [0.05, 0.1) is 0 Å². The van der Waals surface area contributed by atoms with Crippen LogP contribution in [0.3, 0.4) is 0 Å². The maximum Gasteiger partial charge on any atom is 0.306 e. The van der Waals surface area contributed by atoms with E-state index in [4.69, 9.17) is 14.2 Å². The Morgan fingerprint density at radius 1 is 0.259 bits per heavy atom. The maximum atomic E-state index is 12.9. The number of carbonyl (C=O) groups excluding carboxylic acids is 3. The average molecular weight is 1120 g/mol. The molecular weight excluding hydrogens is 997 g/mol. The second kappa shape index (κ2) is 67.3. The highest BCUT2D eigenvalue weighted by molar-refractivity contribution is 5.71. The Labute approximate surface area is 498 Å². The van der Waals surface area contributed by atoms with E-state index in [-0.39, 0.29) is 37.5 Å². The predicted octanol–water partition coefficient (Wildman–Crippen LogP) is 22.7. The minimum absolute atomic E-state index is 0.112. The lowest BCUT2D eigenvalue weighted by Gasteiger charge is -2.18. The van der Waals surface area contributed by atoms with Crippen molar-refractivity contribution in [1.29, 1.82) is 0 Å². The van der Waals surface area contributed by atoms with Gasteiger partial charge in [0, 0.05) is 19.3 Å². The van der Waals surface area contributed by atoms with Crippen LogP contribution in [-0.2, 0) is 28.6 Å². The van der Waals surface area contributed by atoms with E-state index in [2.05, 4.69) is 191 Å². The molecule has 0 aromatic heterocycles. The Bertz CT molecular complexity index is 1860. The van der Waals surface area contributed by atoms with Gasteiger partial charge in [0.1, 0.15) is 13.2 Å². The summed E-state index contributed by atoms with van der Waals surface area (Å²) in [5, 5.41) is 0. The molecule has 0 heterocycles. The molecule has 0 amide bonds. The third-order valence-corrected chi connectivity index (χ3v) is 13.2. The molecule has 0 radical (unpaired) electrons. The van der Waals surface area contributed by atoms with Crippen molar-refractivity contribution < 1.29 is 28.6 Å². The van der Waals surface area contributed by atoms with Crippen LogP contribution in [0.2, 0.25) is 0 Å². The Balaban J connectivity index is 4.55. The summed E-state index contributed by atoms with van der Waals surface area (Å²) in [6.45, 7) is 6.33. The SMILES string of the molecule is CC/C=C\C/C=C\C/C=C\C/C=C\C/C=C\C/C=C\C/C=C\CCCCCC(=O)OCC(COC(=O)CCCCCCCCCCC/C=C\C/C=C\CCCCC)OC(=O)CCCCC/C=C\C/C=C\C/C=C\C/C=C\C/C=C\CC. The number of esters is 3. The van der Waals surface area contributed by atoms with Crippen molar-refractivity contribution in [3.63, 3.8) is 0 Å². The van der Waals surface area contributed by atoms with Crippen LogP contribution in [0.5, 0.6) is 0 Å². The molecular formula is C75H118O6. The van der Waals surface area contributed by atoms with Gasteiger partial charge in [-0.25, -0.2) is 0 Å². The highest BCUT2D eigenvalue weighted by Gasteiger charge is 2.19. The molecule has 6 nitrogen and oxygen atoms in total. The second-order valence-corrected chi connectivity index (χ2v) is 20.9. The smallest absolute Gasteiger partial charge is 0.306 e. The lowest BCUT2D eigenvalue weighted by atomic mass is 10.1. The fraction of sp³-hybridized carbons (Fsp3) is 0.587. The molecule has 454 valence electrons. The molecule has 0 N–H and O–H groups in total. The second-order valence-electron chi connectivity index (χ2n) is 20.9. The van der Waals surface area contributed by atoms with E-state index < -0.39 is 6.10 Å². The predicted molar refractivity (Wildman–Crippen MR) is 352 cm³/mol. The van der Waals surface area contributed by atoms with Crippen molar-refractivity contribution in [2.45, 2.75) is 271 Å². The Kier molecular flexibility index (Phi) is 62.9. The average Bonchev–Trinajstić information content (AvgIpc) is 3.47. The van der Waals surface area contributed by atoms with E-state index in [0.29, 0.717) is 19.3 Å². The van der Waals surface area contributed by atoms with E-state index in [1.54, 1.807) is 0 Å². The molecule has 6 heteroatoms. The van der Waals surface area contributed by atoms with Gasteiger partial charge in [-0.15, -0.1) is 0 Å². The van der Waals surface area contributed by atoms with Gasteiger partial charge < -0.3 is 14.2 Å². The number of carbonyl (C=O) groups is 3. The highest BCUT2D eigenvalue weighted by atomic mass is 16.6. The maximum absolute atomic E-state index is 12.9. The number of ether oxygens (including phenoxy) is 3. The van der Waals surface area contributed by atoms with Gasteiger partial charge in [-0.1, -0.05) is 262 Å². The number of hydrogen-bond acceptors (Lipinski definition) is 6. The Hall–Kier alpha value is -5.23. The van der Waals surface area contributed by atoms with Crippen molar-refractivity contribution in [3.8, 4) is 0 Å². The summed E-state index contributed by atoms with van der Waals surface area (Å²) >= 11 is 0. The van der Waals surface area contributed by atoms with E-state index in [0.717, 1.165) is 148 Å². The third kappa shape index (κ3) is 65.5. The van der Waals surface area contributed by atoms with E-state index in [9.17, 15) is 14.4 Å². The first-order valence-electron chi connectivity index (χ1n) is 32.6. The van der Waals surface area contributed by atoms with Gasteiger partial charge in [0.2, 0.25) is 0 Å². The van der Waals surface area contributed by atoms with Crippen molar-refractivity contribution in [2.24, 2.45) is 0 Å². The van der Waals surface area contributed by atoms with Crippen LogP contribution < -0.4 is 0 Å². The molecule has 1 unspecified atom stereocenters. The lowest BCUT2D eigenvalue weighted by molar-refractivity contribution is -0.167. The fourth-order valence-electron chi connectivity index (χ4n) is 8.36. The summed E-state index contributed by atoms with van der Waals surface area (Å²) < 4.78 is 16.9. The van der Waals surface area contributed by atoms with Crippen molar-refractivity contribution in [1.82, 2.24) is 0 Å². The van der Waals surface area contributed by atoms with Gasteiger partial charge in [-0.2, -0.15) is 0 Å². The molecule has 0 aliphatic rings. The van der Waals surface area contributed by atoms with Gasteiger partial charge in [0.15, 0.2) is 6.10 Å². The lowest BCUT2D eigenvalue weighted by Crippen LogP contribution is -2.30. The molecule has 0 saturated carbocycles. The molecule has 0 aliphatic carbocycles.